The highest BCUT2D eigenvalue weighted by Gasteiger charge is 2.16. The van der Waals surface area contributed by atoms with Gasteiger partial charge in [0.05, 0.1) is 16.9 Å². The van der Waals surface area contributed by atoms with Crippen LogP contribution < -0.4 is 5.32 Å². The van der Waals surface area contributed by atoms with Crippen LogP contribution in [0, 0.1) is 11.3 Å². The van der Waals surface area contributed by atoms with Crippen LogP contribution in [0.2, 0.25) is 0 Å². The van der Waals surface area contributed by atoms with Crippen molar-refractivity contribution in [3.63, 3.8) is 0 Å². The number of carbonyl (C=O) groups excluding carboxylic acids is 1. The molecule has 1 heterocycles. The SMILES string of the molecule is C[C@@H](Sc1nccn1C)C(=O)Nc1cccc(C#N)c1. The predicted octanol–water partition coefficient (Wildman–Crippen LogP) is 2.41. The smallest absolute Gasteiger partial charge is 0.237 e. The largest absolute Gasteiger partial charge is 0.329 e. The lowest BCUT2D eigenvalue weighted by molar-refractivity contribution is -0.115. The van der Waals surface area contributed by atoms with Gasteiger partial charge in [-0.2, -0.15) is 5.26 Å². The summed E-state index contributed by atoms with van der Waals surface area (Å²) in [5.74, 6) is -0.118. The maximum absolute atomic E-state index is 12.1. The van der Waals surface area contributed by atoms with Crippen molar-refractivity contribution in [1.29, 1.82) is 5.26 Å². The number of anilines is 1. The summed E-state index contributed by atoms with van der Waals surface area (Å²) in [6.45, 7) is 1.82. The Morgan fingerprint density at radius 2 is 2.35 bits per heavy atom. The van der Waals surface area contributed by atoms with E-state index in [1.54, 1.807) is 30.5 Å². The van der Waals surface area contributed by atoms with E-state index >= 15 is 0 Å². The molecule has 20 heavy (non-hydrogen) atoms. The molecule has 1 N–H and O–H groups in total. The van der Waals surface area contributed by atoms with Crippen molar-refractivity contribution in [2.24, 2.45) is 7.05 Å². The minimum atomic E-state index is -0.276. The Morgan fingerprint density at radius 3 is 3.00 bits per heavy atom. The number of hydrogen-bond acceptors (Lipinski definition) is 4. The van der Waals surface area contributed by atoms with E-state index in [4.69, 9.17) is 5.26 Å². The lowest BCUT2D eigenvalue weighted by Gasteiger charge is -2.11. The number of carbonyl (C=O) groups is 1. The standard InChI is InChI=1S/C14H14N4OS/c1-10(20-14-16-6-7-18(14)2)13(19)17-12-5-3-4-11(8-12)9-15/h3-8,10H,1-2H3,(H,17,19)/t10-/m1/s1. The van der Waals surface area contributed by atoms with Gasteiger partial charge in [-0.25, -0.2) is 4.98 Å². The van der Waals surface area contributed by atoms with Gasteiger partial charge in [0.25, 0.3) is 0 Å². The van der Waals surface area contributed by atoms with Gasteiger partial charge in [0.15, 0.2) is 5.16 Å². The summed E-state index contributed by atoms with van der Waals surface area (Å²) in [6, 6.07) is 8.89. The number of benzene rings is 1. The van der Waals surface area contributed by atoms with Crippen LogP contribution in [-0.4, -0.2) is 20.7 Å². The zero-order valence-corrected chi connectivity index (χ0v) is 12.0. The summed E-state index contributed by atoms with van der Waals surface area (Å²) in [5, 5.41) is 12.1. The van der Waals surface area contributed by atoms with Crippen molar-refractivity contribution in [3.8, 4) is 6.07 Å². The van der Waals surface area contributed by atoms with Crippen LogP contribution in [-0.2, 0) is 11.8 Å². The fourth-order valence-corrected chi connectivity index (χ4v) is 2.42. The van der Waals surface area contributed by atoms with E-state index in [1.165, 1.54) is 11.8 Å². The summed E-state index contributed by atoms with van der Waals surface area (Å²) < 4.78 is 1.87. The molecule has 1 amide bonds. The third-order valence-electron chi connectivity index (χ3n) is 2.69. The summed E-state index contributed by atoms with van der Waals surface area (Å²) in [7, 11) is 1.89. The molecule has 0 bridgehead atoms. The first-order chi connectivity index (χ1) is 9.60. The quantitative estimate of drug-likeness (QED) is 0.876. The zero-order chi connectivity index (χ0) is 14.5. The molecule has 0 aliphatic heterocycles. The predicted molar refractivity (Wildman–Crippen MR) is 78.3 cm³/mol. The van der Waals surface area contributed by atoms with E-state index in [0.717, 1.165) is 5.16 Å². The van der Waals surface area contributed by atoms with Crippen LogP contribution >= 0.6 is 11.8 Å². The Labute approximate surface area is 121 Å². The van der Waals surface area contributed by atoms with Gasteiger partial charge in [-0.05, 0) is 25.1 Å². The highest BCUT2D eigenvalue weighted by Crippen LogP contribution is 2.22. The first kappa shape index (κ1) is 14.2. The van der Waals surface area contributed by atoms with E-state index in [1.807, 2.05) is 30.8 Å². The highest BCUT2D eigenvalue weighted by molar-refractivity contribution is 8.00. The van der Waals surface area contributed by atoms with Crippen LogP contribution in [0.15, 0.2) is 41.8 Å². The molecular weight excluding hydrogens is 272 g/mol. The molecule has 1 aromatic heterocycles. The van der Waals surface area contributed by atoms with Crippen molar-refractivity contribution in [1.82, 2.24) is 9.55 Å². The maximum atomic E-state index is 12.1. The normalized spacial score (nSPS) is 11.7. The Morgan fingerprint density at radius 1 is 1.55 bits per heavy atom. The lowest BCUT2D eigenvalue weighted by atomic mass is 10.2. The number of aryl methyl sites for hydroxylation is 1. The van der Waals surface area contributed by atoms with E-state index in [9.17, 15) is 4.79 Å². The molecule has 0 aliphatic carbocycles. The van der Waals surface area contributed by atoms with Gasteiger partial charge in [-0.3, -0.25) is 4.79 Å². The zero-order valence-electron chi connectivity index (χ0n) is 11.2. The van der Waals surface area contributed by atoms with Crippen LogP contribution in [0.1, 0.15) is 12.5 Å². The number of amides is 1. The molecule has 0 saturated carbocycles. The molecule has 102 valence electrons. The second-order valence-electron chi connectivity index (χ2n) is 4.26. The van der Waals surface area contributed by atoms with Gasteiger partial charge in [-0.1, -0.05) is 17.8 Å². The second-order valence-corrected chi connectivity index (χ2v) is 5.57. The fourth-order valence-electron chi connectivity index (χ4n) is 1.59. The molecule has 0 saturated heterocycles. The second kappa shape index (κ2) is 6.26. The third kappa shape index (κ3) is 3.39. The number of imidazole rings is 1. The summed E-state index contributed by atoms with van der Waals surface area (Å²) >= 11 is 1.39. The maximum Gasteiger partial charge on any atom is 0.237 e. The molecular formula is C14H14N4OS. The Bertz CT molecular complexity index is 659. The molecule has 2 aromatic rings. The minimum absolute atomic E-state index is 0.118. The fraction of sp³-hybridized carbons (Fsp3) is 0.214. The number of rotatable bonds is 4. The minimum Gasteiger partial charge on any atom is -0.329 e. The molecule has 1 aromatic carbocycles. The number of nitriles is 1. The Balaban J connectivity index is 2.01. The highest BCUT2D eigenvalue weighted by atomic mass is 32.2. The summed E-state index contributed by atoms with van der Waals surface area (Å²) in [5.41, 5.74) is 1.15. The first-order valence-corrected chi connectivity index (χ1v) is 6.93. The van der Waals surface area contributed by atoms with Crippen LogP contribution in [0.25, 0.3) is 0 Å². The van der Waals surface area contributed by atoms with E-state index in [-0.39, 0.29) is 11.2 Å². The first-order valence-electron chi connectivity index (χ1n) is 6.05. The van der Waals surface area contributed by atoms with E-state index in [2.05, 4.69) is 10.3 Å². The third-order valence-corrected chi connectivity index (χ3v) is 3.86. The molecule has 5 nitrogen and oxygen atoms in total. The Kier molecular flexibility index (Phi) is 4.43. The number of aromatic nitrogens is 2. The van der Waals surface area contributed by atoms with Crippen LogP contribution in [0.3, 0.4) is 0 Å². The van der Waals surface area contributed by atoms with E-state index < -0.39 is 0 Å². The Hall–Kier alpha value is -2.26. The summed E-state index contributed by atoms with van der Waals surface area (Å²) in [6.07, 6.45) is 3.53. The molecule has 0 fully saturated rings. The van der Waals surface area contributed by atoms with E-state index in [0.29, 0.717) is 11.3 Å². The van der Waals surface area contributed by atoms with Crippen molar-refractivity contribution in [2.75, 3.05) is 5.32 Å². The summed E-state index contributed by atoms with van der Waals surface area (Å²) in [4.78, 5) is 16.3. The number of nitrogens with one attached hydrogen (secondary N) is 1. The molecule has 2 rings (SSSR count). The monoisotopic (exact) mass is 286 g/mol. The molecule has 0 radical (unpaired) electrons. The van der Waals surface area contributed by atoms with Crippen LogP contribution in [0.4, 0.5) is 5.69 Å². The molecule has 1 atom stereocenters. The molecule has 0 spiro atoms. The van der Waals surface area contributed by atoms with Crippen molar-refractivity contribution in [3.05, 3.63) is 42.2 Å². The number of hydrogen-bond donors (Lipinski definition) is 1. The van der Waals surface area contributed by atoms with Crippen LogP contribution in [0.5, 0.6) is 0 Å². The van der Waals surface area contributed by atoms with Crippen molar-refractivity contribution in [2.45, 2.75) is 17.3 Å². The molecule has 0 aliphatic rings. The average molecular weight is 286 g/mol. The topological polar surface area (TPSA) is 70.7 Å². The number of thioether (sulfide) groups is 1. The van der Waals surface area contributed by atoms with Crippen molar-refractivity contribution < 1.29 is 4.79 Å². The average Bonchev–Trinajstić information content (AvgIpc) is 2.84. The van der Waals surface area contributed by atoms with Gasteiger partial charge in [0.1, 0.15) is 0 Å². The van der Waals surface area contributed by atoms with Crippen molar-refractivity contribution >= 4 is 23.4 Å². The van der Waals surface area contributed by atoms with Gasteiger partial charge >= 0.3 is 0 Å². The van der Waals surface area contributed by atoms with Gasteiger partial charge in [-0.15, -0.1) is 0 Å². The molecule has 0 unspecified atom stereocenters. The number of nitrogens with zero attached hydrogens (tertiary/aromatic N) is 3. The molecule has 6 heteroatoms. The van der Waals surface area contributed by atoms with Gasteiger partial charge in [0, 0.05) is 25.1 Å². The van der Waals surface area contributed by atoms with Gasteiger partial charge in [0.2, 0.25) is 5.91 Å². The lowest BCUT2D eigenvalue weighted by Crippen LogP contribution is -2.22. The van der Waals surface area contributed by atoms with Gasteiger partial charge < -0.3 is 9.88 Å².